The molecule has 0 aromatic carbocycles. The van der Waals surface area contributed by atoms with Crippen LogP contribution in [0.2, 0.25) is 0 Å². The zero-order chi connectivity index (χ0) is 13.4. The van der Waals surface area contributed by atoms with Crippen LogP contribution in [0.25, 0.3) is 0 Å². The molecule has 0 atom stereocenters. The van der Waals surface area contributed by atoms with Crippen LogP contribution in [0.5, 0.6) is 0 Å². The van der Waals surface area contributed by atoms with Crippen molar-refractivity contribution >= 4 is 35.8 Å². The number of carbonyl (C=O) groups excluding carboxylic acids is 1. The minimum absolute atomic E-state index is 0. The Hall–Kier alpha value is -0.530. The lowest BCUT2D eigenvalue weighted by Gasteiger charge is -2.22. The van der Waals surface area contributed by atoms with Crippen molar-refractivity contribution in [1.29, 1.82) is 0 Å². The minimum atomic E-state index is 0. The predicted molar refractivity (Wildman–Crippen MR) is 89.8 cm³/mol. The second-order valence-electron chi connectivity index (χ2n) is 5.22. The number of amides is 1. The third-order valence-corrected chi connectivity index (χ3v) is 3.03. The molecule has 0 saturated heterocycles. The van der Waals surface area contributed by atoms with Crippen molar-refractivity contribution in [2.75, 3.05) is 6.54 Å². The van der Waals surface area contributed by atoms with Gasteiger partial charge in [0.05, 0.1) is 6.54 Å². The molecule has 112 valence electrons. The van der Waals surface area contributed by atoms with E-state index in [-0.39, 0.29) is 35.9 Å². The van der Waals surface area contributed by atoms with E-state index in [1.807, 2.05) is 13.8 Å². The number of rotatable bonds is 5. The molecule has 0 bridgehead atoms. The summed E-state index contributed by atoms with van der Waals surface area (Å²) < 4.78 is 0. The molecule has 19 heavy (non-hydrogen) atoms. The largest absolute Gasteiger partial charge is 0.370 e. The Labute approximate surface area is 133 Å². The molecular formula is C13H27IN4O. The average molecular weight is 382 g/mol. The Kier molecular flexibility index (Phi) is 9.99. The predicted octanol–water partition coefficient (Wildman–Crippen LogP) is 1.76. The molecule has 0 aliphatic heterocycles. The summed E-state index contributed by atoms with van der Waals surface area (Å²) in [7, 11) is 0. The molecule has 0 unspecified atom stereocenters. The van der Waals surface area contributed by atoms with E-state index in [1.54, 1.807) is 0 Å². The highest BCUT2D eigenvalue weighted by Crippen LogP contribution is 2.17. The maximum atomic E-state index is 11.7. The van der Waals surface area contributed by atoms with Gasteiger partial charge >= 0.3 is 0 Å². The van der Waals surface area contributed by atoms with Crippen molar-refractivity contribution in [2.24, 2.45) is 10.7 Å². The average Bonchev–Trinajstić information content (AvgIpc) is 2.29. The fraction of sp³-hybridized carbons (Fsp3) is 0.846. The van der Waals surface area contributed by atoms with Gasteiger partial charge in [-0.15, -0.1) is 24.0 Å². The molecule has 0 aromatic heterocycles. The van der Waals surface area contributed by atoms with E-state index in [1.165, 1.54) is 19.3 Å². The van der Waals surface area contributed by atoms with Crippen LogP contribution >= 0.6 is 24.0 Å². The normalized spacial score (nSPS) is 16.9. The SMILES string of the molecule is CC(C)NC(N)=NCCC(=O)NC1CCCCC1.I. The number of halogens is 1. The first-order chi connectivity index (χ1) is 8.58. The van der Waals surface area contributed by atoms with Crippen molar-refractivity contribution in [1.82, 2.24) is 10.6 Å². The number of nitrogens with zero attached hydrogens (tertiary/aromatic N) is 1. The summed E-state index contributed by atoms with van der Waals surface area (Å²) in [6.07, 6.45) is 6.41. The van der Waals surface area contributed by atoms with E-state index in [9.17, 15) is 4.79 Å². The Morgan fingerprint density at radius 1 is 1.32 bits per heavy atom. The summed E-state index contributed by atoms with van der Waals surface area (Å²) in [5.41, 5.74) is 5.65. The molecule has 1 aliphatic rings. The summed E-state index contributed by atoms with van der Waals surface area (Å²) in [6.45, 7) is 4.44. The minimum Gasteiger partial charge on any atom is -0.370 e. The van der Waals surface area contributed by atoms with Gasteiger partial charge in [-0.25, -0.2) is 0 Å². The van der Waals surface area contributed by atoms with Gasteiger partial charge in [-0.05, 0) is 26.7 Å². The zero-order valence-corrected chi connectivity index (χ0v) is 14.3. The molecule has 4 N–H and O–H groups in total. The Balaban J connectivity index is 0.00000324. The number of hydrogen-bond donors (Lipinski definition) is 3. The first-order valence-electron chi connectivity index (χ1n) is 6.93. The van der Waals surface area contributed by atoms with Gasteiger partial charge < -0.3 is 16.4 Å². The van der Waals surface area contributed by atoms with Crippen LogP contribution in [0.1, 0.15) is 52.4 Å². The molecule has 1 saturated carbocycles. The topological polar surface area (TPSA) is 79.5 Å². The quantitative estimate of drug-likeness (QED) is 0.385. The molecule has 0 radical (unpaired) electrons. The van der Waals surface area contributed by atoms with Gasteiger partial charge in [-0.3, -0.25) is 9.79 Å². The van der Waals surface area contributed by atoms with Crippen molar-refractivity contribution in [3.8, 4) is 0 Å². The van der Waals surface area contributed by atoms with Gasteiger partial charge in [0.1, 0.15) is 0 Å². The molecule has 1 aliphatic carbocycles. The Morgan fingerprint density at radius 2 is 1.95 bits per heavy atom. The molecule has 0 heterocycles. The lowest BCUT2D eigenvalue weighted by atomic mass is 9.95. The summed E-state index contributed by atoms with van der Waals surface area (Å²) >= 11 is 0. The number of hydrogen-bond acceptors (Lipinski definition) is 2. The third-order valence-electron chi connectivity index (χ3n) is 3.03. The third kappa shape index (κ3) is 9.07. The number of aliphatic imine (C=N–C) groups is 1. The van der Waals surface area contributed by atoms with Crippen LogP contribution in [-0.4, -0.2) is 30.5 Å². The molecular weight excluding hydrogens is 355 g/mol. The van der Waals surface area contributed by atoms with Crippen LogP contribution < -0.4 is 16.4 Å². The lowest BCUT2D eigenvalue weighted by Crippen LogP contribution is -2.38. The number of nitrogens with two attached hydrogens (primary N) is 1. The van der Waals surface area contributed by atoms with E-state index < -0.39 is 0 Å². The van der Waals surface area contributed by atoms with E-state index in [2.05, 4.69) is 15.6 Å². The second-order valence-corrected chi connectivity index (χ2v) is 5.22. The number of guanidine groups is 1. The maximum absolute atomic E-state index is 11.7. The monoisotopic (exact) mass is 382 g/mol. The van der Waals surface area contributed by atoms with E-state index in [4.69, 9.17) is 5.73 Å². The fourth-order valence-corrected chi connectivity index (χ4v) is 2.17. The Bertz CT molecular complexity index is 288. The van der Waals surface area contributed by atoms with Gasteiger partial charge in [-0.2, -0.15) is 0 Å². The summed E-state index contributed by atoms with van der Waals surface area (Å²) in [5, 5.41) is 6.06. The summed E-state index contributed by atoms with van der Waals surface area (Å²) in [4.78, 5) is 15.8. The first-order valence-corrected chi connectivity index (χ1v) is 6.93. The van der Waals surface area contributed by atoms with Crippen molar-refractivity contribution < 1.29 is 4.79 Å². The molecule has 1 rings (SSSR count). The van der Waals surface area contributed by atoms with Crippen LogP contribution in [0.4, 0.5) is 0 Å². The molecule has 6 heteroatoms. The molecule has 0 aromatic rings. The summed E-state index contributed by atoms with van der Waals surface area (Å²) in [6, 6.07) is 0.645. The van der Waals surface area contributed by atoms with Gasteiger partial charge in [-0.1, -0.05) is 19.3 Å². The number of nitrogens with one attached hydrogen (secondary N) is 2. The van der Waals surface area contributed by atoms with E-state index in [0.717, 1.165) is 12.8 Å². The fourth-order valence-electron chi connectivity index (χ4n) is 2.17. The van der Waals surface area contributed by atoms with Gasteiger partial charge in [0, 0.05) is 18.5 Å². The zero-order valence-electron chi connectivity index (χ0n) is 11.9. The van der Waals surface area contributed by atoms with Crippen LogP contribution in [0.3, 0.4) is 0 Å². The van der Waals surface area contributed by atoms with Gasteiger partial charge in [0.15, 0.2) is 5.96 Å². The standard InChI is InChI=1S/C13H26N4O.HI/c1-10(2)16-13(14)15-9-8-12(18)17-11-6-4-3-5-7-11;/h10-11H,3-9H2,1-2H3,(H,17,18)(H3,14,15,16);1H. The van der Waals surface area contributed by atoms with Gasteiger partial charge in [0.2, 0.25) is 5.91 Å². The highest BCUT2D eigenvalue weighted by Gasteiger charge is 2.15. The van der Waals surface area contributed by atoms with Crippen LogP contribution in [-0.2, 0) is 4.79 Å². The van der Waals surface area contributed by atoms with E-state index >= 15 is 0 Å². The first kappa shape index (κ1) is 18.5. The van der Waals surface area contributed by atoms with Crippen molar-refractivity contribution in [3.63, 3.8) is 0 Å². The molecule has 1 amide bonds. The van der Waals surface area contributed by atoms with Gasteiger partial charge in [0.25, 0.3) is 0 Å². The maximum Gasteiger partial charge on any atom is 0.222 e. The molecule has 1 fully saturated rings. The number of carbonyl (C=O) groups is 1. The van der Waals surface area contributed by atoms with Crippen molar-refractivity contribution in [2.45, 2.75) is 64.5 Å². The molecule has 5 nitrogen and oxygen atoms in total. The Morgan fingerprint density at radius 3 is 2.53 bits per heavy atom. The lowest BCUT2D eigenvalue weighted by molar-refractivity contribution is -0.121. The van der Waals surface area contributed by atoms with Crippen LogP contribution in [0, 0.1) is 0 Å². The second kappa shape index (κ2) is 10.3. The smallest absolute Gasteiger partial charge is 0.222 e. The van der Waals surface area contributed by atoms with Crippen molar-refractivity contribution in [3.05, 3.63) is 0 Å². The highest BCUT2D eigenvalue weighted by molar-refractivity contribution is 14.0. The molecule has 0 spiro atoms. The highest BCUT2D eigenvalue weighted by atomic mass is 127. The summed E-state index contributed by atoms with van der Waals surface area (Å²) in [5.74, 6) is 0.499. The van der Waals surface area contributed by atoms with Crippen LogP contribution in [0.15, 0.2) is 4.99 Å². The van der Waals surface area contributed by atoms with E-state index in [0.29, 0.717) is 25.0 Å².